The van der Waals surface area contributed by atoms with Gasteiger partial charge in [-0.1, -0.05) is 64.0 Å². The highest BCUT2D eigenvalue weighted by molar-refractivity contribution is 9.10. The van der Waals surface area contributed by atoms with E-state index in [0.717, 1.165) is 4.47 Å². The van der Waals surface area contributed by atoms with E-state index in [9.17, 15) is 0 Å². The quantitative estimate of drug-likeness (QED) is 0.688. The molecule has 1 atom stereocenters. The first-order valence-corrected chi connectivity index (χ1v) is 6.95. The Kier molecular flexibility index (Phi) is 2.67. The summed E-state index contributed by atoms with van der Waals surface area (Å²) in [6.07, 6.45) is 4.53. The average molecular weight is 299 g/mol. The standard InChI is InChI=1S/C17H15Br/c1-12-4-3-5-14(10-12)17(2)9-8-13-11-15(18)6-7-16(13)17/h3-11H,1-2H3. The monoisotopic (exact) mass is 298 g/mol. The van der Waals surface area contributed by atoms with Gasteiger partial charge in [-0.3, -0.25) is 0 Å². The molecule has 0 nitrogen and oxygen atoms in total. The Morgan fingerprint density at radius 1 is 1.06 bits per heavy atom. The molecule has 3 rings (SSSR count). The van der Waals surface area contributed by atoms with Crippen LogP contribution in [-0.4, -0.2) is 0 Å². The van der Waals surface area contributed by atoms with Crippen LogP contribution in [0.3, 0.4) is 0 Å². The van der Waals surface area contributed by atoms with Crippen LogP contribution >= 0.6 is 15.9 Å². The zero-order chi connectivity index (χ0) is 12.8. The summed E-state index contributed by atoms with van der Waals surface area (Å²) >= 11 is 3.54. The van der Waals surface area contributed by atoms with Crippen LogP contribution in [0.4, 0.5) is 0 Å². The Labute approximate surface area is 116 Å². The summed E-state index contributed by atoms with van der Waals surface area (Å²) in [5.74, 6) is 0. The summed E-state index contributed by atoms with van der Waals surface area (Å²) in [6, 6.07) is 15.3. The summed E-state index contributed by atoms with van der Waals surface area (Å²) in [5.41, 5.74) is 5.37. The number of hydrogen-bond acceptors (Lipinski definition) is 0. The zero-order valence-corrected chi connectivity index (χ0v) is 12.2. The third kappa shape index (κ3) is 1.74. The average Bonchev–Trinajstić information content (AvgIpc) is 2.68. The van der Waals surface area contributed by atoms with Crippen molar-refractivity contribution in [3.8, 4) is 0 Å². The van der Waals surface area contributed by atoms with Crippen molar-refractivity contribution in [3.63, 3.8) is 0 Å². The molecule has 0 fully saturated rings. The van der Waals surface area contributed by atoms with E-state index in [1.807, 2.05) is 0 Å². The maximum Gasteiger partial charge on any atom is 0.0362 e. The minimum Gasteiger partial charge on any atom is -0.0692 e. The van der Waals surface area contributed by atoms with Gasteiger partial charge in [-0.2, -0.15) is 0 Å². The fourth-order valence-electron chi connectivity index (χ4n) is 2.71. The molecule has 0 radical (unpaired) electrons. The number of benzene rings is 2. The molecule has 0 saturated heterocycles. The Hall–Kier alpha value is -1.34. The summed E-state index contributed by atoms with van der Waals surface area (Å²) in [5, 5.41) is 0. The van der Waals surface area contributed by atoms with Gasteiger partial charge in [0.25, 0.3) is 0 Å². The highest BCUT2D eigenvalue weighted by atomic mass is 79.9. The molecule has 1 heteroatoms. The van der Waals surface area contributed by atoms with Crippen LogP contribution in [0.1, 0.15) is 29.2 Å². The van der Waals surface area contributed by atoms with E-state index in [1.165, 1.54) is 22.3 Å². The third-order valence-electron chi connectivity index (χ3n) is 3.79. The summed E-state index contributed by atoms with van der Waals surface area (Å²) in [4.78, 5) is 0. The lowest BCUT2D eigenvalue weighted by molar-refractivity contribution is 0.737. The molecule has 0 N–H and O–H groups in total. The van der Waals surface area contributed by atoms with Gasteiger partial charge < -0.3 is 0 Å². The fraction of sp³-hybridized carbons (Fsp3) is 0.176. The minimum absolute atomic E-state index is 0.00204. The lowest BCUT2D eigenvalue weighted by atomic mass is 9.78. The van der Waals surface area contributed by atoms with Crippen molar-refractivity contribution in [3.05, 3.63) is 75.3 Å². The van der Waals surface area contributed by atoms with Crippen LogP contribution in [-0.2, 0) is 5.41 Å². The molecular weight excluding hydrogens is 284 g/mol. The molecule has 0 aromatic heterocycles. The maximum absolute atomic E-state index is 3.54. The minimum atomic E-state index is 0.00204. The van der Waals surface area contributed by atoms with Gasteiger partial charge >= 0.3 is 0 Å². The first kappa shape index (κ1) is 11.7. The molecule has 2 aromatic rings. The van der Waals surface area contributed by atoms with Crippen molar-refractivity contribution < 1.29 is 0 Å². The highest BCUT2D eigenvalue weighted by Gasteiger charge is 2.31. The number of fused-ring (bicyclic) bond motifs is 1. The zero-order valence-electron chi connectivity index (χ0n) is 10.6. The predicted octanol–water partition coefficient (Wildman–Crippen LogP) is 5.09. The van der Waals surface area contributed by atoms with Gasteiger partial charge in [0.2, 0.25) is 0 Å². The van der Waals surface area contributed by atoms with Crippen molar-refractivity contribution >= 4 is 22.0 Å². The van der Waals surface area contributed by atoms with Gasteiger partial charge in [-0.25, -0.2) is 0 Å². The third-order valence-corrected chi connectivity index (χ3v) is 4.28. The Balaban J connectivity index is 2.17. The lowest BCUT2D eigenvalue weighted by Crippen LogP contribution is -2.18. The van der Waals surface area contributed by atoms with E-state index in [-0.39, 0.29) is 5.41 Å². The van der Waals surface area contributed by atoms with Crippen LogP contribution in [0.5, 0.6) is 0 Å². The van der Waals surface area contributed by atoms with Crippen molar-refractivity contribution in [1.29, 1.82) is 0 Å². The molecule has 0 heterocycles. The molecule has 0 bridgehead atoms. The van der Waals surface area contributed by atoms with E-state index in [0.29, 0.717) is 0 Å². The highest BCUT2D eigenvalue weighted by Crippen LogP contribution is 2.42. The van der Waals surface area contributed by atoms with Crippen LogP contribution in [0, 0.1) is 6.92 Å². The van der Waals surface area contributed by atoms with Crippen LogP contribution in [0.25, 0.3) is 6.08 Å². The second kappa shape index (κ2) is 4.10. The summed E-state index contributed by atoms with van der Waals surface area (Å²) < 4.78 is 1.14. The molecule has 18 heavy (non-hydrogen) atoms. The Morgan fingerprint density at radius 2 is 1.89 bits per heavy atom. The Bertz CT molecular complexity index is 640. The van der Waals surface area contributed by atoms with Crippen LogP contribution in [0.15, 0.2) is 53.0 Å². The van der Waals surface area contributed by atoms with Gasteiger partial charge in [0.1, 0.15) is 0 Å². The van der Waals surface area contributed by atoms with Gasteiger partial charge in [0.05, 0.1) is 0 Å². The van der Waals surface area contributed by atoms with Crippen molar-refractivity contribution in [2.45, 2.75) is 19.3 Å². The van der Waals surface area contributed by atoms with Crippen LogP contribution in [0.2, 0.25) is 0 Å². The summed E-state index contributed by atoms with van der Waals surface area (Å²) in [7, 11) is 0. The van der Waals surface area contributed by atoms with Crippen molar-refractivity contribution in [1.82, 2.24) is 0 Å². The molecule has 1 aliphatic rings. The molecule has 2 aromatic carbocycles. The van der Waals surface area contributed by atoms with Gasteiger partial charge in [0, 0.05) is 9.89 Å². The predicted molar refractivity (Wildman–Crippen MR) is 80.8 cm³/mol. The Morgan fingerprint density at radius 3 is 2.67 bits per heavy atom. The normalized spacial score (nSPS) is 21.1. The van der Waals surface area contributed by atoms with Gasteiger partial charge in [-0.15, -0.1) is 0 Å². The maximum atomic E-state index is 3.54. The molecular formula is C17H15Br. The van der Waals surface area contributed by atoms with E-state index in [2.05, 4.69) is 84.4 Å². The van der Waals surface area contributed by atoms with Crippen molar-refractivity contribution in [2.75, 3.05) is 0 Å². The second-order valence-electron chi connectivity index (χ2n) is 5.14. The SMILES string of the molecule is Cc1cccc(C2(C)C=Cc3cc(Br)ccc32)c1. The number of hydrogen-bond donors (Lipinski definition) is 0. The van der Waals surface area contributed by atoms with Gasteiger partial charge in [-0.05, 0) is 42.7 Å². The van der Waals surface area contributed by atoms with E-state index >= 15 is 0 Å². The summed E-state index contributed by atoms with van der Waals surface area (Å²) in [6.45, 7) is 4.44. The number of allylic oxidation sites excluding steroid dienone is 1. The smallest absolute Gasteiger partial charge is 0.0362 e. The first-order valence-electron chi connectivity index (χ1n) is 6.16. The topological polar surface area (TPSA) is 0 Å². The first-order chi connectivity index (χ1) is 8.59. The lowest BCUT2D eigenvalue weighted by Gasteiger charge is -2.25. The van der Waals surface area contributed by atoms with E-state index < -0.39 is 0 Å². The molecule has 90 valence electrons. The largest absolute Gasteiger partial charge is 0.0692 e. The molecule has 0 saturated carbocycles. The molecule has 1 unspecified atom stereocenters. The molecule has 0 aliphatic heterocycles. The number of halogens is 1. The molecule has 1 aliphatic carbocycles. The number of rotatable bonds is 1. The van der Waals surface area contributed by atoms with Crippen LogP contribution < -0.4 is 0 Å². The number of aryl methyl sites for hydroxylation is 1. The fourth-order valence-corrected chi connectivity index (χ4v) is 3.09. The van der Waals surface area contributed by atoms with E-state index in [4.69, 9.17) is 0 Å². The van der Waals surface area contributed by atoms with E-state index in [1.54, 1.807) is 0 Å². The molecule has 0 spiro atoms. The van der Waals surface area contributed by atoms with Gasteiger partial charge in [0.15, 0.2) is 0 Å². The second-order valence-corrected chi connectivity index (χ2v) is 6.05. The molecule has 0 amide bonds. The van der Waals surface area contributed by atoms with Crippen molar-refractivity contribution in [2.24, 2.45) is 0 Å².